The number of carbonyl (C=O) groups is 1. The van der Waals surface area contributed by atoms with Crippen LogP contribution >= 0.6 is 0 Å². The molecule has 162 valence electrons. The predicted octanol–water partition coefficient (Wildman–Crippen LogP) is 3.40. The number of para-hydroxylation sites is 1. The van der Waals surface area contributed by atoms with E-state index in [1.165, 1.54) is 12.3 Å². The van der Waals surface area contributed by atoms with Crippen molar-refractivity contribution in [3.63, 3.8) is 0 Å². The highest BCUT2D eigenvalue weighted by Crippen LogP contribution is 2.29. The number of aromatic nitrogens is 3. The summed E-state index contributed by atoms with van der Waals surface area (Å²) in [4.78, 5) is 28.8. The lowest BCUT2D eigenvalue weighted by molar-refractivity contribution is 0.0663. The average Bonchev–Trinajstić information content (AvgIpc) is 3.23. The number of halogens is 1. The van der Waals surface area contributed by atoms with Crippen molar-refractivity contribution < 1.29 is 9.18 Å². The summed E-state index contributed by atoms with van der Waals surface area (Å²) in [5, 5.41) is 1.02. The zero-order valence-corrected chi connectivity index (χ0v) is 17.7. The third-order valence-corrected chi connectivity index (χ3v) is 5.87. The number of rotatable bonds is 3. The van der Waals surface area contributed by atoms with Gasteiger partial charge in [0.1, 0.15) is 11.5 Å². The molecule has 2 aromatic carbocycles. The Morgan fingerprint density at radius 2 is 1.88 bits per heavy atom. The van der Waals surface area contributed by atoms with Gasteiger partial charge in [-0.2, -0.15) is 0 Å². The summed E-state index contributed by atoms with van der Waals surface area (Å²) < 4.78 is 15.0. The van der Waals surface area contributed by atoms with Gasteiger partial charge in [0, 0.05) is 48.2 Å². The molecule has 0 aliphatic carbocycles. The van der Waals surface area contributed by atoms with Gasteiger partial charge in [0.05, 0.1) is 17.6 Å². The number of likely N-dealkylation sites (N-methyl/N-ethyl adjacent to an activating group) is 1. The fourth-order valence-electron chi connectivity index (χ4n) is 3.98. The smallest absolute Gasteiger partial charge is 0.254 e. The lowest BCUT2D eigenvalue weighted by Gasteiger charge is -2.32. The fourth-order valence-corrected chi connectivity index (χ4v) is 3.98. The number of hydrogen-bond acceptors (Lipinski definition) is 5. The molecule has 5 rings (SSSR count). The van der Waals surface area contributed by atoms with Gasteiger partial charge in [-0.25, -0.2) is 14.4 Å². The van der Waals surface area contributed by atoms with Gasteiger partial charge >= 0.3 is 0 Å². The van der Waals surface area contributed by atoms with E-state index in [-0.39, 0.29) is 17.3 Å². The Balaban J connectivity index is 1.46. The van der Waals surface area contributed by atoms with Gasteiger partial charge in [0.2, 0.25) is 0 Å². The second kappa shape index (κ2) is 8.05. The molecule has 3 heterocycles. The minimum atomic E-state index is -0.522. The summed E-state index contributed by atoms with van der Waals surface area (Å²) in [6.45, 7) is 2.89. The third kappa shape index (κ3) is 3.69. The molecule has 1 aliphatic rings. The van der Waals surface area contributed by atoms with E-state index >= 15 is 4.39 Å². The van der Waals surface area contributed by atoms with Crippen LogP contribution in [0.2, 0.25) is 0 Å². The molecule has 1 aliphatic heterocycles. The van der Waals surface area contributed by atoms with Crippen molar-refractivity contribution in [2.45, 2.75) is 0 Å². The normalized spacial score (nSPS) is 14.8. The largest absolute Gasteiger partial charge is 0.382 e. The van der Waals surface area contributed by atoms with Crippen molar-refractivity contribution in [2.75, 3.05) is 39.0 Å². The van der Waals surface area contributed by atoms with Crippen LogP contribution in [-0.4, -0.2) is 63.9 Å². The topological polar surface area (TPSA) is 91.1 Å². The summed E-state index contributed by atoms with van der Waals surface area (Å²) in [6, 6.07) is 14.3. The molecule has 8 heteroatoms. The summed E-state index contributed by atoms with van der Waals surface area (Å²) in [5.74, 6) is -0.431. The molecule has 0 unspecified atom stereocenters. The van der Waals surface area contributed by atoms with E-state index in [9.17, 15) is 4.79 Å². The minimum absolute atomic E-state index is 0.161. The first-order chi connectivity index (χ1) is 15.5. The number of nitrogens with zero attached hydrogens (tertiary/aromatic N) is 4. The van der Waals surface area contributed by atoms with Gasteiger partial charge in [0.15, 0.2) is 5.82 Å². The first-order valence-corrected chi connectivity index (χ1v) is 10.5. The lowest BCUT2D eigenvalue weighted by Crippen LogP contribution is -2.47. The van der Waals surface area contributed by atoms with Crippen LogP contribution in [0.1, 0.15) is 10.4 Å². The van der Waals surface area contributed by atoms with Crippen molar-refractivity contribution >= 4 is 22.6 Å². The number of H-pyrrole nitrogens is 1. The van der Waals surface area contributed by atoms with Gasteiger partial charge in [-0.3, -0.25) is 4.79 Å². The van der Waals surface area contributed by atoms with Crippen LogP contribution in [0.15, 0.2) is 54.7 Å². The van der Waals surface area contributed by atoms with Gasteiger partial charge in [-0.1, -0.05) is 18.2 Å². The number of piperazine rings is 1. The van der Waals surface area contributed by atoms with Crippen molar-refractivity contribution in [3.8, 4) is 22.6 Å². The van der Waals surface area contributed by atoms with Crippen molar-refractivity contribution in [3.05, 3.63) is 66.1 Å². The molecule has 1 amide bonds. The number of aromatic amines is 1. The number of hydrogen-bond donors (Lipinski definition) is 2. The maximum atomic E-state index is 15.0. The molecule has 32 heavy (non-hydrogen) atoms. The molecular formula is C24H23FN6O. The SMILES string of the molecule is CN1CCN(C(=O)c2ccc(-c3cnc(N)c(-c4cc5ccccc5[nH]4)n3)c(F)c2)CC1. The zero-order valence-electron chi connectivity index (χ0n) is 17.7. The van der Waals surface area contributed by atoms with Crippen LogP contribution in [0.3, 0.4) is 0 Å². The number of benzene rings is 2. The van der Waals surface area contributed by atoms with Crippen LogP contribution in [0.4, 0.5) is 10.2 Å². The third-order valence-electron chi connectivity index (χ3n) is 5.87. The van der Waals surface area contributed by atoms with Gasteiger partial charge in [-0.15, -0.1) is 0 Å². The average molecular weight is 430 g/mol. The first kappa shape index (κ1) is 20.1. The Bertz CT molecular complexity index is 1280. The van der Waals surface area contributed by atoms with E-state index in [1.54, 1.807) is 17.0 Å². The second-order valence-electron chi connectivity index (χ2n) is 8.05. The molecule has 7 nitrogen and oxygen atoms in total. The second-order valence-corrected chi connectivity index (χ2v) is 8.05. The molecule has 0 atom stereocenters. The van der Waals surface area contributed by atoms with E-state index in [1.807, 2.05) is 37.4 Å². The van der Waals surface area contributed by atoms with Crippen LogP contribution in [0.25, 0.3) is 33.5 Å². The number of anilines is 1. The number of nitrogen functional groups attached to an aromatic ring is 1. The fraction of sp³-hybridized carbons (Fsp3) is 0.208. The van der Waals surface area contributed by atoms with Gasteiger partial charge in [0.25, 0.3) is 5.91 Å². The van der Waals surface area contributed by atoms with E-state index in [2.05, 4.69) is 19.9 Å². The Morgan fingerprint density at radius 3 is 2.62 bits per heavy atom. The number of carbonyl (C=O) groups excluding carboxylic acids is 1. The maximum absolute atomic E-state index is 15.0. The Labute approximate surface area is 184 Å². The molecule has 1 fully saturated rings. The van der Waals surface area contributed by atoms with E-state index in [0.29, 0.717) is 35.7 Å². The molecule has 1 saturated heterocycles. The molecular weight excluding hydrogens is 407 g/mol. The summed E-state index contributed by atoms with van der Waals surface area (Å²) in [5.41, 5.74) is 9.14. The van der Waals surface area contributed by atoms with Crippen LogP contribution in [0, 0.1) is 5.82 Å². The quantitative estimate of drug-likeness (QED) is 0.520. The molecule has 4 aromatic rings. The first-order valence-electron chi connectivity index (χ1n) is 10.5. The monoisotopic (exact) mass is 430 g/mol. The molecule has 0 bridgehead atoms. The van der Waals surface area contributed by atoms with Crippen LogP contribution < -0.4 is 5.73 Å². The van der Waals surface area contributed by atoms with Crippen molar-refractivity contribution in [1.82, 2.24) is 24.8 Å². The number of nitrogens with one attached hydrogen (secondary N) is 1. The summed E-state index contributed by atoms with van der Waals surface area (Å²) in [7, 11) is 2.02. The number of fused-ring (bicyclic) bond motifs is 1. The predicted molar refractivity (Wildman–Crippen MR) is 123 cm³/mol. The highest BCUT2D eigenvalue weighted by molar-refractivity contribution is 5.95. The summed E-state index contributed by atoms with van der Waals surface area (Å²) in [6.07, 6.45) is 1.45. The number of amides is 1. The molecule has 3 N–H and O–H groups in total. The highest BCUT2D eigenvalue weighted by Gasteiger charge is 2.22. The highest BCUT2D eigenvalue weighted by atomic mass is 19.1. The summed E-state index contributed by atoms with van der Waals surface area (Å²) >= 11 is 0. The van der Waals surface area contributed by atoms with Crippen molar-refractivity contribution in [2.24, 2.45) is 0 Å². The molecule has 0 saturated carbocycles. The van der Waals surface area contributed by atoms with Crippen LogP contribution in [-0.2, 0) is 0 Å². The Hall–Kier alpha value is -3.78. The minimum Gasteiger partial charge on any atom is -0.382 e. The zero-order chi connectivity index (χ0) is 22.2. The van der Waals surface area contributed by atoms with Crippen molar-refractivity contribution in [1.29, 1.82) is 0 Å². The van der Waals surface area contributed by atoms with E-state index < -0.39 is 5.82 Å². The standard InChI is InChI=1S/C24H23FN6O/c1-30-8-10-31(11-9-30)24(32)16-6-7-17(18(25)12-16)21-14-27-23(26)22(29-21)20-13-15-4-2-3-5-19(15)28-20/h2-7,12-14,28H,8-11H2,1H3,(H2,26,27). The molecule has 2 aromatic heterocycles. The number of nitrogens with two attached hydrogens (primary N) is 1. The van der Waals surface area contributed by atoms with Gasteiger partial charge in [-0.05, 0) is 37.4 Å². The van der Waals surface area contributed by atoms with E-state index in [0.717, 1.165) is 24.0 Å². The Morgan fingerprint density at radius 1 is 1.09 bits per heavy atom. The van der Waals surface area contributed by atoms with E-state index in [4.69, 9.17) is 5.73 Å². The van der Waals surface area contributed by atoms with Crippen LogP contribution in [0.5, 0.6) is 0 Å². The maximum Gasteiger partial charge on any atom is 0.254 e. The Kier molecular flexibility index (Phi) is 5.07. The molecule has 0 radical (unpaired) electrons. The van der Waals surface area contributed by atoms with Gasteiger partial charge < -0.3 is 20.5 Å². The lowest BCUT2D eigenvalue weighted by atomic mass is 10.1. The molecule has 0 spiro atoms.